The Morgan fingerprint density at radius 1 is 0.969 bits per heavy atom. The Balaban J connectivity index is 1.86. The molecule has 0 unspecified atom stereocenters. The van der Waals surface area contributed by atoms with Gasteiger partial charge in [-0.3, -0.25) is 4.79 Å². The molecule has 0 amide bonds. The van der Waals surface area contributed by atoms with Crippen LogP contribution in [-0.2, 0) is 0 Å². The van der Waals surface area contributed by atoms with Crippen molar-refractivity contribution >= 4 is 33.0 Å². The Morgan fingerprint density at radius 2 is 1.62 bits per heavy atom. The van der Waals surface area contributed by atoms with Crippen molar-refractivity contribution in [3.63, 3.8) is 0 Å². The zero-order valence-corrected chi connectivity index (χ0v) is 19.4. The summed E-state index contributed by atoms with van der Waals surface area (Å²) < 4.78 is 13.5. The molecule has 0 N–H and O–H groups in total. The molecular formula is C25H22BrN3O3. The lowest BCUT2D eigenvalue weighted by Crippen LogP contribution is -2.20. The first-order valence-corrected chi connectivity index (χ1v) is 11.1. The number of para-hydroxylation sites is 1. The van der Waals surface area contributed by atoms with Crippen LogP contribution in [0.25, 0.3) is 22.3 Å². The van der Waals surface area contributed by atoms with Crippen LogP contribution >= 0.6 is 15.9 Å². The Kier molecular flexibility index (Phi) is 6.66. The summed E-state index contributed by atoms with van der Waals surface area (Å²) in [5.41, 5.74) is 1.94. The van der Waals surface area contributed by atoms with E-state index in [0.29, 0.717) is 41.4 Å². The maximum atomic E-state index is 13.3. The molecule has 32 heavy (non-hydrogen) atoms. The molecule has 0 aliphatic carbocycles. The summed E-state index contributed by atoms with van der Waals surface area (Å²) in [6.07, 6.45) is 1.62. The maximum absolute atomic E-state index is 13.3. The van der Waals surface area contributed by atoms with Crippen molar-refractivity contribution in [3.8, 4) is 22.9 Å². The Bertz CT molecular complexity index is 1330. The van der Waals surface area contributed by atoms with Gasteiger partial charge in [-0.05, 0) is 54.0 Å². The van der Waals surface area contributed by atoms with Crippen molar-refractivity contribution in [1.29, 1.82) is 0 Å². The quantitative estimate of drug-likeness (QED) is 0.320. The maximum Gasteiger partial charge on any atom is 0.282 e. The lowest BCUT2D eigenvalue weighted by atomic mass is 10.2. The van der Waals surface area contributed by atoms with E-state index in [2.05, 4.69) is 21.0 Å². The third-order valence-electron chi connectivity index (χ3n) is 4.76. The average molecular weight is 492 g/mol. The molecule has 0 radical (unpaired) electrons. The van der Waals surface area contributed by atoms with Crippen LogP contribution in [0.1, 0.15) is 19.4 Å². The predicted molar refractivity (Wildman–Crippen MR) is 131 cm³/mol. The van der Waals surface area contributed by atoms with Crippen molar-refractivity contribution in [2.24, 2.45) is 5.10 Å². The van der Waals surface area contributed by atoms with E-state index in [1.165, 1.54) is 4.68 Å². The molecule has 1 heterocycles. The molecule has 0 spiro atoms. The summed E-state index contributed by atoms with van der Waals surface area (Å²) in [6.45, 7) is 4.87. The number of rotatable bonds is 7. The third kappa shape index (κ3) is 4.43. The summed E-state index contributed by atoms with van der Waals surface area (Å²) in [7, 11) is 0. The molecule has 7 heteroatoms. The average Bonchev–Trinajstić information content (AvgIpc) is 2.81. The molecular weight excluding hydrogens is 470 g/mol. The predicted octanol–water partition coefficient (Wildman–Crippen LogP) is 5.51. The number of nitrogens with zero attached hydrogens (tertiary/aromatic N) is 3. The molecule has 0 fully saturated rings. The molecule has 4 aromatic rings. The van der Waals surface area contributed by atoms with Crippen LogP contribution < -0.4 is 15.0 Å². The van der Waals surface area contributed by atoms with Crippen molar-refractivity contribution < 1.29 is 9.47 Å². The van der Waals surface area contributed by atoms with Crippen molar-refractivity contribution in [2.75, 3.05) is 13.2 Å². The van der Waals surface area contributed by atoms with Crippen molar-refractivity contribution in [3.05, 3.63) is 87.1 Å². The zero-order valence-electron chi connectivity index (χ0n) is 17.8. The van der Waals surface area contributed by atoms with Gasteiger partial charge in [-0.2, -0.15) is 9.78 Å². The van der Waals surface area contributed by atoms with Crippen LogP contribution in [0.15, 0.2) is 81.1 Å². The first-order chi connectivity index (χ1) is 15.6. The monoisotopic (exact) mass is 491 g/mol. The minimum Gasteiger partial charge on any atom is -0.490 e. The van der Waals surface area contributed by atoms with Crippen molar-refractivity contribution in [1.82, 2.24) is 9.66 Å². The molecule has 6 nitrogen and oxygen atoms in total. The van der Waals surface area contributed by atoms with Gasteiger partial charge in [-0.1, -0.05) is 42.5 Å². The highest BCUT2D eigenvalue weighted by Crippen LogP contribution is 2.33. The molecule has 0 aliphatic heterocycles. The highest BCUT2D eigenvalue weighted by molar-refractivity contribution is 9.10. The van der Waals surface area contributed by atoms with E-state index in [1.807, 2.05) is 74.5 Å². The Morgan fingerprint density at radius 3 is 2.34 bits per heavy atom. The van der Waals surface area contributed by atoms with Gasteiger partial charge in [0.1, 0.15) is 0 Å². The van der Waals surface area contributed by atoms with E-state index in [9.17, 15) is 4.79 Å². The first-order valence-electron chi connectivity index (χ1n) is 10.3. The van der Waals surface area contributed by atoms with Crippen LogP contribution in [0, 0.1) is 0 Å². The van der Waals surface area contributed by atoms with E-state index in [4.69, 9.17) is 14.5 Å². The van der Waals surface area contributed by atoms with Gasteiger partial charge in [0, 0.05) is 15.6 Å². The normalized spacial score (nSPS) is 11.2. The smallest absolute Gasteiger partial charge is 0.282 e. The van der Waals surface area contributed by atoms with Crippen LogP contribution in [-0.4, -0.2) is 29.1 Å². The molecule has 0 saturated heterocycles. The highest BCUT2D eigenvalue weighted by Gasteiger charge is 2.13. The number of halogens is 1. The zero-order chi connectivity index (χ0) is 22.5. The lowest BCUT2D eigenvalue weighted by molar-refractivity contribution is 0.287. The summed E-state index contributed by atoms with van der Waals surface area (Å²) in [5.74, 6) is 1.73. The molecule has 4 rings (SSSR count). The summed E-state index contributed by atoms with van der Waals surface area (Å²) in [5, 5.41) is 5.04. The van der Waals surface area contributed by atoms with Gasteiger partial charge >= 0.3 is 0 Å². The summed E-state index contributed by atoms with van der Waals surface area (Å²) >= 11 is 3.57. The van der Waals surface area contributed by atoms with E-state index in [0.717, 1.165) is 15.6 Å². The molecule has 0 atom stereocenters. The van der Waals surface area contributed by atoms with E-state index in [1.54, 1.807) is 12.3 Å². The standard InChI is InChI=1S/C25H22BrN3O3/c1-3-31-22-14-18(20(26)15-23(22)32-4-2)16-27-29-24(17-10-6-5-7-11-17)28-21-13-9-8-12-19(21)25(29)30/h5-16H,3-4H2,1-2H3. The number of fused-ring (bicyclic) bond motifs is 1. The Hall–Kier alpha value is -3.45. The highest BCUT2D eigenvalue weighted by atomic mass is 79.9. The second-order valence-corrected chi connectivity index (χ2v) is 7.72. The van der Waals surface area contributed by atoms with Gasteiger partial charge in [-0.25, -0.2) is 4.98 Å². The van der Waals surface area contributed by atoms with E-state index in [-0.39, 0.29) is 5.56 Å². The van der Waals surface area contributed by atoms with Crippen LogP contribution in [0.4, 0.5) is 0 Å². The van der Waals surface area contributed by atoms with E-state index >= 15 is 0 Å². The lowest BCUT2D eigenvalue weighted by Gasteiger charge is -2.13. The molecule has 1 aromatic heterocycles. The fourth-order valence-electron chi connectivity index (χ4n) is 3.31. The van der Waals surface area contributed by atoms with Gasteiger partial charge in [0.25, 0.3) is 5.56 Å². The summed E-state index contributed by atoms with van der Waals surface area (Å²) in [4.78, 5) is 18.0. The van der Waals surface area contributed by atoms with Crippen LogP contribution in [0.3, 0.4) is 0 Å². The third-order valence-corrected chi connectivity index (χ3v) is 5.45. The SMILES string of the molecule is CCOc1cc(Br)c(C=Nn2c(-c3ccccc3)nc3ccccc3c2=O)cc1OCC. The molecule has 0 bridgehead atoms. The molecule has 162 valence electrons. The van der Waals surface area contributed by atoms with E-state index < -0.39 is 0 Å². The summed E-state index contributed by atoms with van der Waals surface area (Å²) in [6, 6.07) is 20.5. The van der Waals surface area contributed by atoms with Gasteiger partial charge in [0.15, 0.2) is 17.3 Å². The first kappa shape index (κ1) is 21.8. The fraction of sp³-hybridized carbons (Fsp3) is 0.160. The van der Waals surface area contributed by atoms with Crippen LogP contribution in [0.5, 0.6) is 11.5 Å². The molecule has 0 aliphatic rings. The number of hydrogen-bond donors (Lipinski definition) is 0. The van der Waals surface area contributed by atoms with Gasteiger partial charge < -0.3 is 9.47 Å². The topological polar surface area (TPSA) is 65.7 Å². The molecule has 3 aromatic carbocycles. The van der Waals surface area contributed by atoms with Gasteiger partial charge in [0.05, 0.1) is 30.3 Å². The fourth-order valence-corrected chi connectivity index (χ4v) is 3.74. The second-order valence-electron chi connectivity index (χ2n) is 6.87. The molecule has 0 saturated carbocycles. The number of hydrogen-bond acceptors (Lipinski definition) is 5. The van der Waals surface area contributed by atoms with Crippen molar-refractivity contribution in [2.45, 2.75) is 13.8 Å². The number of benzene rings is 3. The number of ether oxygens (including phenoxy) is 2. The number of aromatic nitrogens is 2. The largest absolute Gasteiger partial charge is 0.490 e. The Labute approximate surface area is 194 Å². The van der Waals surface area contributed by atoms with Gasteiger partial charge in [-0.15, -0.1) is 0 Å². The van der Waals surface area contributed by atoms with Gasteiger partial charge in [0.2, 0.25) is 0 Å². The minimum atomic E-state index is -0.238. The van der Waals surface area contributed by atoms with Crippen LogP contribution in [0.2, 0.25) is 0 Å². The second kappa shape index (κ2) is 9.78. The minimum absolute atomic E-state index is 0.238.